The van der Waals surface area contributed by atoms with Crippen LogP contribution in [0.3, 0.4) is 0 Å². The zero-order valence-corrected chi connectivity index (χ0v) is 18.5. The van der Waals surface area contributed by atoms with Crippen LogP contribution in [0.2, 0.25) is 0 Å². The van der Waals surface area contributed by atoms with Crippen LogP contribution < -0.4 is 21.4 Å². The third-order valence-corrected chi connectivity index (χ3v) is 4.34. The van der Waals surface area contributed by atoms with Crippen LogP contribution in [0, 0.1) is 0 Å². The van der Waals surface area contributed by atoms with Gasteiger partial charge in [0.15, 0.2) is 0 Å². The van der Waals surface area contributed by atoms with Gasteiger partial charge in [-0.25, -0.2) is 9.59 Å². The van der Waals surface area contributed by atoms with E-state index in [1.54, 1.807) is 30.9 Å². The topological polar surface area (TPSA) is 163 Å². The van der Waals surface area contributed by atoms with E-state index < -0.39 is 30.3 Å². The van der Waals surface area contributed by atoms with Crippen molar-refractivity contribution in [1.29, 1.82) is 0 Å². The highest BCUT2D eigenvalue weighted by Gasteiger charge is 2.38. The summed E-state index contributed by atoms with van der Waals surface area (Å²) >= 11 is 0. The van der Waals surface area contributed by atoms with E-state index in [1.165, 1.54) is 6.21 Å². The molecular formula is C20H26F3N5O6. The van der Waals surface area contributed by atoms with Crippen LogP contribution in [0.15, 0.2) is 29.4 Å². The van der Waals surface area contributed by atoms with Crippen molar-refractivity contribution in [3.63, 3.8) is 0 Å². The number of ether oxygens (including phenoxy) is 1. The van der Waals surface area contributed by atoms with Crippen LogP contribution >= 0.6 is 0 Å². The fourth-order valence-electron chi connectivity index (χ4n) is 2.84. The molecule has 0 spiro atoms. The molecule has 1 saturated heterocycles. The number of hydrogen-bond acceptors (Lipinski definition) is 7. The number of benzene rings is 1. The maximum atomic E-state index is 12.6. The van der Waals surface area contributed by atoms with Gasteiger partial charge in [0.05, 0.1) is 19.2 Å². The number of rotatable bonds is 7. The molecule has 1 aromatic carbocycles. The average Bonchev–Trinajstić information content (AvgIpc) is 3.08. The molecule has 1 aromatic rings. The van der Waals surface area contributed by atoms with Crippen LogP contribution in [0.5, 0.6) is 0 Å². The molecule has 0 radical (unpaired) electrons. The summed E-state index contributed by atoms with van der Waals surface area (Å²) in [5, 5.41) is 15.9. The Morgan fingerprint density at radius 3 is 2.41 bits per heavy atom. The Hall–Kier alpha value is -3.84. The maximum absolute atomic E-state index is 12.6. The summed E-state index contributed by atoms with van der Waals surface area (Å²) in [4.78, 5) is 46.6. The van der Waals surface area contributed by atoms with Crippen molar-refractivity contribution >= 4 is 35.8 Å². The Bertz CT molecular complexity index is 892. The van der Waals surface area contributed by atoms with E-state index in [2.05, 4.69) is 15.7 Å². The van der Waals surface area contributed by atoms with Crippen molar-refractivity contribution in [1.82, 2.24) is 10.6 Å². The van der Waals surface area contributed by atoms with Crippen molar-refractivity contribution in [2.24, 2.45) is 10.9 Å². The van der Waals surface area contributed by atoms with E-state index in [9.17, 15) is 27.6 Å². The highest BCUT2D eigenvalue weighted by atomic mass is 19.4. The normalized spacial score (nSPS) is 16.4. The summed E-state index contributed by atoms with van der Waals surface area (Å²) < 4.78 is 36.6. The molecule has 1 fully saturated rings. The lowest BCUT2D eigenvalue weighted by atomic mass is 10.2. The van der Waals surface area contributed by atoms with Crippen LogP contribution in [0.1, 0.15) is 32.3 Å². The van der Waals surface area contributed by atoms with Crippen LogP contribution in [0.25, 0.3) is 0 Å². The molecule has 34 heavy (non-hydrogen) atoms. The van der Waals surface area contributed by atoms with Gasteiger partial charge in [-0.1, -0.05) is 12.1 Å². The number of hydrazone groups is 1. The van der Waals surface area contributed by atoms with Gasteiger partial charge in [0, 0.05) is 18.3 Å². The molecule has 14 heteroatoms. The highest BCUT2D eigenvalue weighted by molar-refractivity contribution is 6.01. The maximum Gasteiger partial charge on any atom is 0.490 e. The number of carbonyl (C=O) groups is 4. The standard InChI is InChI=1S/C18H25N5O4.C2HF3O2/c1-3-27-16(24)10-12(2)21-18(26)22-15-8-9-23(17(15)25)14-6-4-13(5-7-14)11-20-19;3-2(4,5)1(6)7/h4-7,11-12,15H,3,8-10,19H2,1-2H3,(H2,21,22,26);(H,6,7)/t12-,15?;/m1./s1. The number of nitrogens with zero attached hydrogens (tertiary/aromatic N) is 2. The quantitative estimate of drug-likeness (QED) is 0.194. The Morgan fingerprint density at radius 2 is 1.91 bits per heavy atom. The summed E-state index contributed by atoms with van der Waals surface area (Å²) in [6.45, 7) is 4.22. The zero-order chi connectivity index (χ0) is 25.9. The Morgan fingerprint density at radius 1 is 1.32 bits per heavy atom. The van der Waals surface area contributed by atoms with Crippen LogP contribution in [0.4, 0.5) is 23.7 Å². The molecule has 1 unspecified atom stereocenters. The van der Waals surface area contributed by atoms with E-state index in [1.807, 2.05) is 12.1 Å². The van der Waals surface area contributed by atoms with Gasteiger partial charge in [-0.2, -0.15) is 18.3 Å². The number of urea groups is 1. The Kier molecular flexibility index (Phi) is 10.8. The number of halogens is 3. The van der Waals surface area contributed by atoms with Gasteiger partial charge < -0.3 is 31.2 Å². The summed E-state index contributed by atoms with van der Waals surface area (Å²) in [6, 6.07) is 5.74. The molecule has 1 aliphatic heterocycles. The first-order valence-corrected chi connectivity index (χ1v) is 10.1. The molecule has 1 aliphatic rings. The Balaban J connectivity index is 0.000000718. The number of hydrogen-bond donors (Lipinski definition) is 4. The number of nitrogens with one attached hydrogen (secondary N) is 2. The van der Waals surface area contributed by atoms with Gasteiger partial charge in [0.2, 0.25) is 5.91 Å². The molecule has 3 amide bonds. The first-order valence-electron chi connectivity index (χ1n) is 10.1. The van der Waals surface area contributed by atoms with Gasteiger partial charge >= 0.3 is 24.1 Å². The minimum Gasteiger partial charge on any atom is -0.475 e. The number of anilines is 1. The number of esters is 1. The molecule has 11 nitrogen and oxygen atoms in total. The summed E-state index contributed by atoms with van der Waals surface area (Å²) in [5.41, 5.74) is 1.58. The number of nitrogens with two attached hydrogens (primary N) is 1. The lowest BCUT2D eigenvalue weighted by Crippen LogP contribution is -2.48. The molecule has 0 saturated carbocycles. The zero-order valence-electron chi connectivity index (χ0n) is 18.5. The van der Waals surface area contributed by atoms with Crippen molar-refractivity contribution in [3.05, 3.63) is 29.8 Å². The van der Waals surface area contributed by atoms with Crippen molar-refractivity contribution in [2.75, 3.05) is 18.1 Å². The number of aliphatic carboxylic acids is 1. The monoisotopic (exact) mass is 489 g/mol. The van der Waals surface area contributed by atoms with Crippen LogP contribution in [-0.4, -0.2) is 66.6 Å². The van der Waals surface area contributed by atoms with Crippen LogP contribution in [-0.2, 0) is 19.1 Å². The van der Waals surface area contributed by atoms with E-state index in [0.717, 1.165) is 11.3 Å². The first kappa shape index (κ1) is 28.2. The molecule has 2 rings (SSSR count). The molecule has 5 N–H and O–H groups in total. The fourth-order valence-corrected chi connectivity index (χ4v) is 2.84. The predicted molar refractivity (Wildman–Crippen MR) is 115 cm³/mol. The van der Waals surface area contributed by atoms with Crippen molar-refractivity contribution < 1.29 is 42.2 Å². The van der Waals surface area contributed by atoms with Crippen molar-refractivity contribution in [3.8, 4) is 0 Å². The summed E-state index contributed by atoms with van der Waals surface area (Å²) in [6.07, 6.45) is -2.99. The second-order valence-corrected chi connectivity index (χ2v) is 7.03. The molecule has 0 bridgehead atoms. The summed E-state index contributed by atoms with van der Waals surface area (Å²) in [5.74, 6) is 1.80. The lowest BCUT2D eigenvalue weighted by molar-refractivity contribution is -0.192. The fraction of sp³-hybridized carbons (Fsp3) is 0.450. The minimum absolute atomic E-state index is 0.0739. The second kappa shape index (κ2) is 13.0. The number of carboxylic acids is 1. The smallest absolute Gasteiger partial charge is 0.475 e. The molecule has 1 heterocycles. The minimum atomic E-state index is -5.08. The number of amides is 3. The SMILES string of the molecule is CCOC(=O)C[C@@H](C)NC(=O)NC1CCN(c2ccc(C=NN)cc2)C1=O.O=C(O)C(F)(F)F. The average molecular weight is 489 g/mol. The van der Waals surface area contributed by atoms with Gasteiger partial charge in [-0.3, -0.25) is 9.59 Å². The second-order valence-electron chi connectivity index (χ2n) is 7.03. The number of alkyl halides is 3. The largest absolute Gasteiger partial charge is 0.490 e. The highest BCUT2D eigenvalue weighted by Crippen LogP contribution is 2.22. The predicted octanol–water partition coefficient (Wildman–Crippen LogP) is 1.36. The van der Waals surface area contributed by atoms with E-state index in [-0.39, 0.29) is 18.3 Å². The molecule has 0 aromatic heterocycles. The van der Waals surface area contributed by atoms with Gasteiger partial charge in [0.1, 0.15) is 6.04 Å². The van der Waals surface area contributed by atoms with E-state index in [0.29, 0.717) is 19.6 Å². The van der Waals surface area contributed by atoms with Gasteiger partial charge in [0.25, 0.3) is 0 Å². The third kappa shape index (κ3) is 9.34. The number of carbonyl (C=O) groups excluding carboxylic acids is 3. The molecule has 2 atom stereocenters. The first-order chi connectivity index (χ1) is 15.9. The lowest BCUT2D eigenvalue weighted by Gasteiger charge is -2.19. The van der Waals surface area contributed by atoms with Gasteiger partial charge in [-0.15, -0.1) is 0 Å². The van der Waals surface area contributed by atoms with E-state index >= 15 is 0 Å². The molecular weight excluding hydrogens is 463 g/mol. The molecule has 0 aliphatic carbocycles. The van der Waals surface area contributed by atoms with Crippen molar-refractivity contribution in [2.45, 2.75) is 44.9 Å². The molecule has 188 valence electrons. The Labute approximate surface area is 193 Å². The third-order valence-electron chi connectivity index (χ3n) is 4.34. The number of carboxylic acid groups (broad SMARTS) is 1. The van der Waals surface area contributed by atoms with Gasteiger partial charge in [-0.05, 0) is 38.0 Å². The van der Waals surface area contributed by atoms with E-state index in [4.69, 9.17) is 20.5 Å². The summed E-state index contributed by atoms with van der Waals surface area (Å²) in [7, 11) is 0.